The summed E-state index contributed by atoms with van der Waals surface area (Å²) in [4.78, 5) is 10.6. The molecule has 0 unspecified atom stereocenters. The summed E-state index contributed by atoms with van der Waals surface area (Å²) in [5, 5.41) is 8.71. The predicted octanol–water partition coefficient (Wildman–Crippen LogP) is 5.01. The van der Waals surface area contributed by atoms with Crippen molar-refractivity contribution in [3.05, 3.63) is 65.2 Å². The second-order valence-corrected chi connectivity index (χ2v) is 5.46. The highest BCUT2D eigenvalue weighted by Crippen LogP contribution is 2.19. The van der Waals surface area contributed by atoms with Crippen LogP contribution in [0.2, 0.25) is 0 Å². The molecule has 0 atom stereocenters. The van der Waals surface area contributed by atoms with Gasteiger partial charge in [0, 0.05) is 6.42 Å². The van der Waals surface area contributed by atoms with E-state index in [1.165, 1.54) is 6.42 Å². The molecule has 2 aromatic carbocycles. The molecule has 0 saturated carbocycles. The average Bonchev–Trinajstić information content (AvgIpc) is 2.53. The van der Waals surface area contributed by atoms with E-state index in [4.69, 9.17) is 9.84 Å². The van der Waals surface area contributed by atoms with Crippen LogP contribution in [0.3, 0.4) is 0 Å². The van der Waals surface area contributed by atoms with Crippen LogP contribution in [0.4, 0.5) is 0 Å². The fraction of sp³-hybridized carbons (Fsp3) is 0.350. The summed E-state index contributed by atoms with van der Waals surface area (Å²) in [5.74, 6) is 0.0410. The number of carboxylic acids is 1. The van der Waals surface area contributed by atoms with Crippen LogP contribution in [0.1, 0.15) is 43.4 Å². The third-order valence-corrected chi connectivity index (χ3v) is 3.17. The molecule has 0 heterocycles. The second-order valence-electron chi connectivity index (χ2n) is 5.46. The van der Waals surface area contributed by atoms with E-state index in [0.717, 1.165) is 22.4 Å². The number of carbonyl (C=O) groups is 1. The van der Waals surface area contributed by atoms with E-state index >= 15 is 0 Å². The van der Waals surface area contributed by atoms with Crippen LogP contribution in [0, 0.1) is 6.92 Å². The van der Waals surface area contributed by atoms with Gasteiger partial charge < -0.3 is 9.84 Å². The number of aliphatic carboxylic acids is 1. The standard InChI is InChI=1S/C17H18O3.C3H8/c1-13-11-16(9-7-15(13)8-10-17(18)19)20-12-14-5-3-2-4-6-14;1-3-2/h2-7,9,11H,8,10,12H2,1H3,(H,18,19);3H2,1-2H3. The molecule has 2 rings (SSSR count). The van der Waals surface area contributed by atoms with Crippen molar-refractivity contribution in [2.24, 2.45) is 0 Å². The first-order valence-corrected chi connectivity index (χ1v) is 8.04. The lowest BCUT2D eigenvalue weighted by Crippen LogP contribution is -2.00. The Bertz CT molecular complexity index is 591. The first-order chi connectivity index (χ1) is 11.1. The molecule has 2 aromatic rings. The minimum absolute atomic E-state index is 0.158. The van der Waals surface area contributed by atoms with Gasteiger partial charge >= 0.3 is 5.97 Å². The number of hydrogen-bond acceptors (Lipinski definition) is 2. The first-order valence-electron chi connectivity index (χ1n) is 8.04. The van der Waals surface area contributed by atoms with Crippen molar-refractivity contribution in [1.82, 2.24) is 0 Å². The summed E-state index contributed by atoms with van der Waals surface area (Å²) in [5.41, 5.74) is 3.25. The molecular weight excluding hydrogens is 288 g/mol. The van der Waals surface area contributed by atoms with Gasteiger partial charge in [0.1, 0.15) is 12.4 Å². The maximum Gasteiger partial charge on any atom is 0.303 e. The van der Waals surface area contributed by atoms with Gasteiger partial charge in [0.25, 0.3) is 0 Å². The van der Waals surface area contributed by atoms with E-state index in [9.17, 15) is 4.79 Å². The average molecular weight is 314 g/mol. The van der Waals surface area contributed by atoms with Crippen molar-refractivity contribution in [2.45, 2.75) is 46.6 Å². The molecule has 124 valence electrons. The first kappa shape index (κ1) is 18.8. The highest BCUT2D eigenvalue weighted by molar-refractivity contribution is 5.67. The van der Waals surface area contributed by atoms with E-state index in [2.05, 4.69) is 13.8 Å². The molecule has 3 nitrogen and oxygen atoms in total. The summed E-state index contributed by atoms with van der Waals surface area (Å²) < 4.78 is 5.74. The van der Waals surface area contributed by atoms with Gasteiger partial charge in [-0.15, -0.1) is 0 Å². The molecule has 0 aliphatic heterocycles. The van der Waals surface area contributed by atoms with Gasteiger partial charge in [-0.1, -0.05) is 56.7 Å². The van der Waals surface area contributed by atoms with E-state index in [1.54, 1.807) is 0 Å². The molecule has 0 aromatic heterocycles. The normalized spacial score (nSPS) is 9.70. The summed E-state index contributed by atoms with van der Waals surface area (Å²) in [6.07, 6.45) is 1.96. The van der Waals surface area contributed by atoms with Gasteiger partial charge in [0.2, 0.25) is 0 Å². The largest absolute Gasteiger partial charge is 0.489 e. The van der Waals surface area contributed by atoms with Gasteiger partial charge in [-0.2, -0.15) is 0 Å². The SMILES string of the molecule is CCC.Cc1cc(OCc2ccccc2)ccc1CCC(=O)O. The Balaban J connectivity index is 0.000000816. The number of hydrogen-bond donors (Lipinski definition) is 1. The molecule has 0 aliphatic carbocycles. The predicted molar refractivity (Wildman–Crippen MR) is 93.9 cm³/mol. The summed E-state index contributed by atoms with van der Waals surface area (Å²) >= 11 is 0. The molecule has 1 N–H and O–H groups in total. The smallest absolute Gasteiger partial charge is 0.303 e. The zero-order valence-electron chi connectivity index (χ0n) is 14.2. The Morgan fingerprint density at radius 1 is 1.09 bits per heavy atom. The zero-order valence-corrected chi connectivity index (χ0v) is 14.2. The Kier molecular flexibility index (Phi) is 8.51. The second kappa shape index (κ2) is 10.4. The van der Waals surface area contributed by atoms with Crippen molar-refractivity contribution in [3.8, 4) is 5.75 Å². The van der Waals surface area contributed by atoms with Crippen molar-refractivity contribution in [2.75, 3.05) is 0 Å². The van der Waals surface area contributed by atoms with Gasteiger partial charge in [0.15, 0.2) is 0 Å². The minimum atomic E-state index is -0.770. The van der Waals surface area contributed by atoms with Crippen molar-refractivity contribution in [1.29, 1.82) is 0 Å². The summed E-state index contributed by atoms with van der Waals surface area (Å²) in [6.45, 7) is 6.77. The fourth-order valence-electron chi connectivity index (χ4n) is 2.02. The van der Waals surface area contributed by atoms with Crippen LogP contribution in [-0.2, 0) is 17.8 Å². The highest BCUT2D eigenvalue weighted by atomic mass is 16.5. The van der Waals surface area contributed by atoms with E-state index < -0.39 is 5.97 Å². The Hall–Kier alpha value is -2.29. The molecule has 23 heavy (non-hydrogen) atoms. The maximum atomic E-state index is 10.6. The van der Waals surface area contributed by atoms with Crippen LogP contribution in [0.5, 0.6) is 5.75 Å². The molecule has 0 bridgehead atoms. The fourth-order valence-corrected chi connectivity index (χ4v) is 2.02. The van der Waals surface area contributed by atoms with Crippen molar-refractivity contribution >= 4 is 5.97 Å². The lowest BCUT2D eigenvalue weighted by Gasteiger charge is -2.10. The number of carboxylic acid groups (broad SMARTS) is 1. The maximum absolute atomic E-state index is 10.6. The minimum Gasteiger partial charge on any atom is -0.489 e. The van der Waals surface area contributed by atoms with Crippen molar-refractivity contribution < 1.29 is 14.6 Å². The van der Waals surface area contributed by atoms with E-state index in [-0.39, 0.29) is 6.42 Å². The molecule has 0 radical (unpaired) electrons. The summed E-state index contributed by atoms with van der Waals surface area (Å²) in [7, 11) is 0. The number of ether oxygens (including phenoxy) is 1. The van der Waals surface area contributed by atoms with E-state index in [1.807, 2.05) is 55.5 Å². The van der Waals surface area contributed by atoms with Crippen LogP contribution in [0.15, 0.2) is 48.5 Å². The van der Waals surface area contributed by atoms with Crippen LogP contribution in [-0.4, -0.2) is 11.1 Å². The number of aryl methyl sites for hydroxylation is 2. The highest BCUT2D eigenvalue weighted by Gasteiger charge is 2.04. The molecule has 0 amide bonds. The molecule has 0 aliphatic rings. The Morgan fingerprint density at radius 3 is 2.30 bits per heavy atom. The Labute approximate surface area is 138 Å². The monoisotopic (exact) mass is 314 g/mol. The molecule has 0 saturated heterocycles. The zero-order chi connectivity index (χ0) is 17.1. The van der Waals surface area contributed by atoms with Crippen molar-refractivity contribution in [3.63, 3.8) is 0 Å². The molecular formula is C20H26O3. The van der Waals surface area contributed by atoms with Gasteiger partial charge in [0.05, 0.1) is 0 Å². The lowest BCUT2D eigenvalue weighted by atomic mass is 10.0. The van der Waals surface area contributed by atoms with Crippen LogP contribution < -0.4 is 4.74 Å². The summed E-state index contributed by atoms with van der Waals surface area (Å²) in [6, 6.07) is 15.8. The van der Waals surface area contributed by atoms with Crippen LogP contribution in [0.25, 0.3) is 0 Å². The van der Waals surface area contributed by atoms with E-state index in [0.29, 0.717) is 13.0 Å². The van der Waals surface area contributed by atoms with Crippen LogP contribution >= 0.6 is 0 Å². The number of rotatable bonds is 6. The third kappa shape index (κ3) is 7.50. The molecule has 0 spiro atoms. The Morgan fingerprint density at radius 2 is 1.74 bits per heavy atom. The van der Waals surface area contributed by atoms with Gasteiger partial charge in [-0.25, -0.2) is 0 Å². The van der Waals surface area contributed by atoms with Gasteiger partial charge in [-0.3, -0.25) is 4.79 Å². The molecule has 3 heteroatoms. The number of benzene rings is 2. The topological polar surface area (TPSA) is 46.5 Å². The quantitative estimate of drug-likeness (QED) is 0.815. The molecule has 0 fully saturated rings. The van der Waals surface area contributed by atoms with Gasteiger partial charge in [-0.05, 0) is 42.2 Å². The lowest BCUT2D eigenvalue weighted by molar-refractivity contribution is -0.136. The third-order valence-electron chi connectivity index (χ3n) is 3.17.